The number of carboxylic acid groups (broad SMARTS) is 1. The first-order valence-corrected chi connectivity index (χ1v) is 8.30. The Balaban J connectivity index is 2.33. The smallest absolute Gasteiger partial charge is 0.357 e. The maximum Gasteiger partial charge on any atom is 0.357 e. The van der Waals surface area contributed by atoms with Crippen molar-refractivity contribution in [3.8, 4) is 22.7 Å². The van der Waals surface area contributed by atoms with Crippen LogP contribution in [0.4, 0.5) is 0 Å². The number of esters is 2. The number of carbonyl (C=O) groups is 3. The van der Waals surface area contributed by atoms with Gasteiger partial charge in [-0.3, -0.25) is 0 Å². The molecule has 0 saturated heterocycles. The minimum Gasteiger partial charge on any atom is -0.507 e. The lowest BCUT2D eigenvalue weighted by Gasteiger charge is -2.07. The number of nitrogens with zero attached hydrogens (tertiary/aromatic N) is 2. The van der Waals surface area contributed by atoms with E-state index in [9.17, 15) is 19.5 Å². The zero-order valence-electron chi connectivity index (χ0n) is 15.4. The van der Waals surface area contributed by atoms with E-state index in [1.165, 1.54) is 23.9 Å². The number of carboxylic acids is 1. The molecule has 0 amide bonds. The number of aromatic hydroxyl groups is 1. The fraction of sp³-hybridized carbons (Fsp3) is 0.100. The van der Waals surface area contributed by atoms with Crippen LogP contribution >= 0.6 is 0 Å². The van der Waals surface area contributed by atoms with Gasteiger partial charge in [0, 0.05) is 5.56 Å². The number of aromatic carboxylic acids is 1. The molecule has 0 saturated carbocycles. The highest BCUT2D eigenvalue weighted by Crippen LogP contribution is 2.32. The average molecular weight is 396 g/mol. The summed E-state index contributed by atoms with van der Waals surface area (Å²) in [4.78, 5) is 36.1. The summed E-state index contributed by atoms with van der Waals surface area (Å²) in [5.41, 5.74) is 0.0637. The van der Waals surface area contributed by atoms with E-state index in [0.29, 0.717) is 5.69 Å². The summed E-state index contributed by atoms with van der Waals surface area (Å²) in [6.07, 6.45) is 0. The van der Waals surface area contributed by atoms with Crippen LogP contribution < -0.4 is 0 Å². The first kappa shape index (κ1) is 19.6. The number of hydrogen-bond donors (Lipinski definition) is 2. The summed E-state index contributed by atoms with van der Waals surface area (Å²) in [5, 5.41) is 23.5. The van der Waals surface area contributed by atoms with E-state index in [4.69, 9.17) is 14.6 Å². The van der Waals surface area contributed by atoms with E-state index in [1.807, 2.05) is 0 Å². The lowest BCUT2D eigenvalue weighted by atomic mass is 10.0. The predicted octanol–water partition coefficient (Wildman–Crippen LogP) is 2.52. The predicted molar refractivity (Wildman–Crippen MR) is 100 cm³/mol. The van der Waals surface area contributed by atoms with Crippen LogP contribution in [-0.2, 0) is 9.47 Å². The molecule has 0 fully saturated rings. The second-order valence-electron chi connectivity index (χ2n) is 5.84. The SMILES string of the molecule is COC(=O)c1c(-c2ccc(C(=O)O)c(O)c2)nn(-c2ccccc2)c1C(=O)OC. The van der Waals surface area contributed by atoms with Crippen molar-refractivity contribution in [1.29, 1.82) is 0 Å². The van der Waals surface area contributed by atoms with E-state index in [-0.39, 0.29) is 28.1 Å². The molecule has 0 radical (unpaired) electrons. The molecule has 3 rings (SSSR count). The Hall–Kier alpha value is -4.14. The minimum atomic E-state index is -1.31. The third-order valence-corrected chi connectivity index (χ3v) is 4.16. The summed E-state index contributed by atoms with van der Waals surface area (Å²) in [7, 11) is 2.32. The molecule has 148 valence electrons. The normalized spacial score (nSPS) is 10.4. The van der Waals surface area contributed by atoms with Crippen LogP contribution in [0, 0.1) is 0 Å². The molecule has 0 aliphatic heterocycles. The van der Waals surface area contributed by atoms with Crippen LogP contribution in [0.3, 0.4) is 0 Å². The number of benzene rings is 2. The van der Waals surface area contributed by atoms with Crippen LogP contribution in [0.25, 0.3) is 16.9 Å². The molecule has 0 unspecified atom stereocenters. The van der Waals surface area contributed by atoms with Crippen molar-refractivity contribution < 1.29 is 34.1 Å². The number of para-hydroxylation sites is 1. The lowest BCUT2D eigenvalue weighted by molar-refractivity contribution is 0.0549. The van der Waals surface area contributed by atoms with Crippen LogP contribution in [0.15, 0.2) is 48.5 Å². The minimum absolute atomic E-state index is 0.0216. The molecule has 2 N–H and O–H groups in total. The second-order valence-corrected chi connectivity index (χ2v) is 5.84. The van der Waals surface area contributed by atoms with E-state index in [2.05, 4.69) is 5.10 Å². The Morgan fingerprint density at radius 3 is 2.17 bits per heavy atom. The Morgan fingerprint density at radius 1 is 0.966 bits per heavy atom. The summed E-state index contributed by atoms with van der Waals surface area (Å²) in [5.74, 6) is -3.49. The van der Waals surface area contributed by atoms with Crippen LogP contribution in [-0.4, -0.2) is 52.1 Å². The van der Waals surface area contributed by atoms with Gasteiger partial charge in [0.15, 0.2) is 5.69 Å². The van der Waals surface area contributed by atoms with Gasteiger partial charge in [-0.2, -0.15) is 5.10 Å². The molecule has 0 aliphatic carbocycles. The number of ether oxygens (including phenoxy) is 2. The van der Waals surface area contributed by atoms with Crippen molar-refractivity contribution in [2.45, 2.75) is 0 Å². The largest absolute Gasteiger partial charge is 0.507 e. The van der Waals surface area contributed by atoms with Crippen molar-refractivity contribution in [2.24, 2.45) is 0 Å². The van der Waals surface area contributed by atoms with Crippen molar-refractivity contribution in [3.05, 3.63) is 65.4 Å². The Morgan fingerprint density at radius 2 is 1.62 bits per heavy atom. The fourth-order valence-electron chi connectivity index (χ4n) is 2.82. The van der Waals surface area contributed by atoms with Crippen LogP contribution in [0.5, 0.6) is 5.75 Å². The Kier molecular flexibility index (Phi) is 5.31. The van der Waals surface area contributed by atoms with Crippen molar-refractivity contribution >= 4 is 17.9 Å². The van der Waals surface area contributed by atoms with Crippen molar-refractivity contribution in [1.82, 2.24) is 9.78 Å². The maximum absolute atomic E-state index is 12.5. The van der Waals surface area contributed by atoms with Gasteiger partial charge in [-0.15, -0.1) is 0 Å². The van der Waals surface area contributed by atoms with Gasteiger partial charge in [0.1, 0.15) is 22.6 Å². The molecular formula is C20H16N2O7. The van der Waals surface area contributed by atoms with Gasteiger partial charge in [-0.05, 0) is 24.3 Å². The van der Waals surface area contributed by atoms with E-state index in [1.54, 1.807) is 30.3 Å². The Bertz CT molecular complexity index is 1100. The number of aromatic nitrogens is 2. The third kappa shape index (κ3) is 3.53. The number of rotatable bonds is 5. The second kappa shape index (κ2) is 7.85. The van der Waals surface area contributed by atoms with E-state index < -0.39 is 23.7 Å². The van der Waals surface area contributed by atoms with Gasteiger partial charge in [0.05, 0.1) is 19.9 Å². The molecule has 0 spiro atoms. The van der Waals surface area contributed by atoms with Gasteiger partial charge >= 0.3 is 17.9 Å². The summed E-state index contributed by atoms with van der Waals surface area (Å²) >= 11 is 0. The maximum atomic E-state index is 12.5. The van der Waals surface area contributed by atoms with Gasteiger partial charge in [-0.1, -0.05) is 24.3 Å². The Labute approximate surface area is 164 Å². The van der Waals surface area contributed by atoms with Gasteiger partial charge < -0.3 is 19.7 Å². The van der Waals surface area contributed by atoms with Gasteiger partial charge in [0.2, 0.25) is 0 Å². The number of carbonyl (C=O) groups excluding carboxylic acids is 2. The summed E-state index contributed by atoms with van der Waals surface area (Å²) in [6.45, 7) is 0. The first-order chi connectivity index (χ1) is 13.9. The number of hydrogen-bond acceptors (Lipinski definition) is 7. The molecule has 0 atom stereocenters. The topological polar surface area (TPSA) is 128 Å². The van der Waals surface area contributed by atoms with Crippen LogP contribution in [0.2, 0.25) is 0 Å². The molecule has 0 aliphatic rings. The van der Waals surface area contributed by atoms with Gasteiger partial charge in [0.25, 0.3) is 0 Å². The molecule has 0 bridgehead atoms. The average Bonchev–Trinajstić information content (AvgIpc) is 3.13. The third-order valence-electron chi connectivity index (χ3n) is 4.16. The molecule has 9 nitrogen and oxygen atoms in total. The molecule has 29 heavy (non-hydrogen) atoms. The number of phenols is 1. The molecular weight excluding hydrogens is 380 g/mol. The van der Waals surface area contributed by atoms with E-state index in [0.717, 1.165) is 13.2 Å². The molecule has 1 heterocycles. The van der Waals surface area contributed by atoms with Gasteiger partial charge in [-0.25, -0.2) is 19.1 Å². The highest BCUT2D eigenvalue weighted by atomic mass is 16.5. The molecule has 2 aromatic carbocycles. The zero-order chi connectivity index (χ0) is 21.1. The monoisotopic (exact) mass is 396 g/mol. The van der Waals surface area contributed by atoms with Crippen LogP contribution in [0.1, 0.15) is 31.2 Å². The lowest BCUT2D eigenvalue weighted by Crippen LogP contribution is -2.15. The summed E-state index contributed by atoms with van der Waals surface area (Å²) in [6, 6.07) is 12.3. The first-order valence-electron chi connectivity index (χ1n) is 8.30. The molecule has 3 aromatic rings. The highest BCUT2D eigenvalue weighted by Gasteiger charge is 2.31. The van der Waals surface area contributed by atoms with Crippen molar-refractivity contribution in [2.75, 3.05) is 14.2 Å². The standard InChI is InChI=1S/C20H16N2O7/c1-28-19(26)15-16(11-8-9-13(18(24)25)14(23)10-11)21-22(17(15)20(27)29-2)12-6-4-3-5-7-12/h3-10,23H,1-2H3,(H,24,25). The number of methoxy groups -OCH3 is 2. The fourth-order valence-corrected chi connectivity index (χ4v) is 2.82. The quantitative estimate of drug-likeness (QED) is 0.630. The molecule has 1 aromatic heterocycles. The van der Waals surface area contributed by atoms with E-state index >= 15 is 0 Å². The summed E-state index contributed by atoms with van der Waals surface area (Å²) < 4.78 is 10.9. The highest BCUT2D eigenvalue weighted by molar-refractivity contribution is 6.07. The van der Waals surface area contributed by atoms with Crippen molar-refractivity contribution in [3.63, 3.8) is 0 Å². The molecule has 9 heteroatoms. The zero-order valence-corrected chi connectivity index (χ0v) is 15.4.